The fourth-order valence-electron chi connectivity index (χ4n) is 1.93. The zero-order valence-corrected chi connectivity index (χ0v) is 12.3. The molecule has 2 amide bonds. The molecule has 0 saturated carbocycles. The van der Waals surface area contributed by atoms with Crippen LogP contribution in [0.1, 0.15) is 33.6 Å². The molecule has 1 heterocycles. The van der Waals surface area contributed by atoms with E-state index in [-0.39, 0.29) is 5.91 Å². The van der Waals surface area contributed by atoms with Gasteiger partial charge in [-0.05, 0) is 27.2 Å². The highest BCUT2D eigenvalue weighted by molar-refractivity contribution is 5.76. The first-order valence-electron chi connectivity index (χ1n) is 6.72. The van der Waals surface area contributed by atoms with Crippen molar-refractivity contribution in [2.75, 3.05) is 26.7 Å². The lowest BCUT2D eigenvalue weighted by Gasteiger charge is -2.30. The van der Waals surface area contributed by atoms with E-state index < -0.39 is 11.7 Å². The summed E-state index contributed by atoms with van der Waals surface area (Å²) in [4.78, 5) is 24.4. The molecule has 1 aliphatic heterocycles. The van der Waals surface area contributed by atoms with E-state index in [1.54, 1.807) is 4.90 Å². The van der Waals surface area contributed by atoms with Gasteiger partial charge in [0.1, 0.15) is 5.60 Å². The van der Waals surface area contributed by atoms with Gasteiger partial charge in [0.05, 0.1) is 0 Å². The molecule has 0 aliphatic carbocycles. The van der Waals surface area contributed by atoms with Gasteiger partial charge in [0.25, 0.3) is 0 Å². The summed E-state index contributed by atoms with van der Waals surface area (Å²) in [7, 11) is 1.81. The van der Waals surface area contributed by atoms with Crippen molar-refractivity contribution in [2.24, 2.45) is 0 Å². The minimum atomic E-state index is -0.468. The predicted molar refractivity (Wildman–Crippen MR) is 72.9 cm³/mol. The summed E-state index contributed by atoms with van der Waals surface area (Å²) in [6, 6.07) is 0.308. The predicted octanol–water partition coefficient (Wildman–Crippen LogP) is 0.721. The van der Waals surface area contributed by atoms with Gasteiger partial charge in [-0.1, -0.05) is 0 Å². The number of rotatable bonds is 4. The molecule has 0 spiro atoms. The molecular formula is C13H25N3O3. The van der Waals surface area contributed by atoms with Crippen molar-refractivity contribution in [1.82, 2.24) is 15.5 Å². The van der Waals surface area contributed by atoms with Gasteiger partial charge in [-0.2, -0.15) is 0 Å². The number of nitrogens with zero attached hydrogens (tertiary/aromatic N) is 1. The normalized spacial score (nSPS) is 20.3. The molecule has 1 rings (SSSR count). The molecule has 0 aromatic carbocycles. The Morgan fingerprint density at radius 2 is 2.11 bits per heavy atom. The molecule has 110 valence electrons. The van der Waals surface area contributed by atoms with Crippen LogP contribution < -0.4 is 10.6 Å². The quantitative estimate of drug-likeness (QED) is 0.739. The van der Waals surface area contributed by atoms with Crippen LogP contribution in [0.15, 0.2) is 0 Å². The highest BCUT2D eigenvalue weighted by Gasteiger charge is 2.22. The average molecular weight is 271 g/mol. The molecule has 1 saturated heterocycles. The molecule has 0 radical (unpaired) electrons. The molecule has 1 aliphatic rings. The number of likely N-dealkylation sites (N-methyl/N-ethyl adjacent to an activating group) is 1. The van der Waals surface area contributed by atoms with Crippen molar-refractivity contribution >= 4 is 12.0 Å². The summed E-state index contributed by atoms with van der Waals surface area (Å²) >= 11 is 0. The van der Waals surface area contributed by atoms with E-state index in [0.29, 0.717) is 25.6 Å². The molecule has 6 heteroatoms. The third-order valence-corrected chi connectivity index (χ3v) is 2.85. The van der Waals surface area contributed by atoms with Crippen LogP contribution in [0.25, 0.3) is 0 Å². The van der Waals surface area contributed by atoms with Gasteiger partial charge < -0.3 is 20.3 Å². The second-order valence-corrected chi connectivity index (χ2v) is 5.89. The Morgan fingerprint density at radius 3 is 2.68 bits per heavy atom. The van der Waals surface area contributed by atoms with Crippen molar-refractivity contribution < 1.29 is 14.3 Å². The number of ether oxygens (including phenoxy) is 1. The van der Waals surface area contributed by atoms with Crippen LogP contribution in [-0.2, 0) is 9.53 Å². The zero-order chi connectivity index (χ0) is 14.5. The van der Waals surface area contributed by atoms with E-state index in [0.717, 1.165) is 13.0 Å². The maximum Gasteiger partial charge on any atom is 0.407 e. The molecule has 1 atom stereocenters. The van der Waals surface area contributed by atoms with Crippen LogP contribution in [0.5, 0.6) is 0 Å². The summed E-state index contributed by atoms with van der Waals surface area (Å²) in [6.07, 6.45) is 1.05. The summed E-state index contributed by atoms with van der Waals surface area (Å²) in [6.45, 7) is 7.42. The van der Waals surface area contributed by atoms with Crippen molar-refractivity contribution in [2.45, 2.75) is 45.3 Å². The van der Waals surface area contributed by atoms with Crippen LogP contribution in [-0.4, -0.2) is 55.2 Å². The van der Waals surface area contributed by atoms with Crippen molar-refractivity contribution in [3.05, 3.63) is 0 Å². The van der Waals surface area contributed by atoms with Gasteiger partial charge >= 0.3 is 6.09 Å². The van der Waals surface area contributed by atoms with Crippen LogP contribution >= 0.6 is 0 Å². The Balaban J connectivity index is 2.11. The maximum absolute atomic E-state index is 11.4. The molecule has 0 aromatic heterocycles. The van der Waals surface area contributed by atoms with E-state index in [1.807, 2.05) is 27.8 Å². The van der Waals surface area contributed by atoms with Crippen molar-refractivity contribution in [1.29, 1.82) is 0 Å². The Morgan fingerprint density at radius 1 is 1.42 bits per heavy atom. The van der Waals surface area contributed by atoms with Gasteiger partial charge in [0.2, 0.25) is 5.91 Å². The first-order valence-corrected chi connectivity index (χ1v) is 6.72. The SMILES string of the molecule is CN1CC(NCCNC(=O)OC(C)(C)C)CCC1=O. The fourth-order valence-corrected chi connectivity index (χ4v) is 1.93. The highest BCUT2D eigenvalue weighted by Crippen LogP contribution is 2.09. The number of nitrogens with one attached hydrogen (secondary N) is 2. The van der Waals surface area contributed by atoms with E-state index in [2.05, 4.69) is 10.6 Å². The number of likely N-dealkylation sites (tertiary alicyclic amines) is 1. The van der Waals surface area contributed by atoms with E-state index in [4.69, 9.17) is 4.74 Å². The van der Waals surface area contributed by atoms with E-state index in [1.165, 1.54) is 0 Å². The lowest BCUT2D eigenvalue weighted by atomic mass is 10.1. The van der Waals surface area contributed by atoms with Gasteiger partial charge in [-0.3, -0.25) is 4.79 Å². The number of amides is 2. The maximum atomic E-state index is 11.4. The molecular weight excluding hydrogens is 246 g/mol. The molecule has 2 N–H and O–H groups in total. The summed E-state index contributed by atoms with van der Waals surface area (Å²) in [5, 5.41) is 6.02. The third-order valence-electron chi connectivity index (χ3n) is 2.85. The number of hydrogen-bond acceptors (Lipinski definition) is 4. The number of piperidine rings is 1. The number of alkyl carbamates (subject to hydrolysis) is 1. The monoisotopic (exact) mass is 271 g/mol. The Bertz CT molecular complexity index is 326. The third kappa shape index (κ3) is 6.42. The van der Waals surface area contributed by atoms with Crippen LogP contribution in [0.4, 0.5) is 4.79 Å². The highest BCUT2D eigenvalue weighted by atomic mass is 16.6. The topological polar surface area (TPSA) is 70.7 Å². The van der Waals surface area contributed by atoms with E-state index >= 15 is 0 Å². The fraction of sp³-hybridized carbons (Fsp3) is 0.846. The molecule has 1 fully saturated rings. The zero-order valence-electron chi connectivity index (χ0n) is 12.3. The molecule has 0 aromatic rings. The first-order chi connectivity index (χ1) is 8.78. The van der Waals surface area contributed by atoms with Crippen molar-refractivity contribution in [3.63, 3.8) is 0 Å². The van der Waals surface area contributed by atoms with E-state index in [9.17, 15) is 9.59 Å². The Labute approximate surface area is 114 Å². The van der Waals surface area contributed by atoms with Crippen LogP contribution in [0.3, 0.4) is 0 Å². The summed E-state index contributed by atoms with van der Waals surface area (Å²) in [5.41, 5.74) is -0.468. The smallest absolute Gasteiger partial charge is 0.407 e. The Hall–Kier alpha value is -1.30. The van der Waals surface area contributed by atoms with Gasteiger partial charge in [-0.25, -0.2) is 4.79 Å². The standard InChI is InChI=1S/C13H25N3O3/c1-13(2,3)19-12(18)15-8-7-14-10-5-6-11(17)16(4)9-10/h10,14H,5-9H2,1-4H3,(H,15,18). The molecule has 1 unspecified atom stereocenters. The average Bonchev–Trinajstić information content (AvgIpc) is 2.27. The summed E-state index contributed by atoms with van der Waals surface area (Å²) < 4.78 is 5.13. The van der Waals surface area contributed by atoms with Gasteiger partial charge in [0.15, 0.2) is 0 Å². The second-order valence-electron chi connectivity index (χ2n) is 5.89. The van der Waals surface area contributed by atoms with Gasteiger partial charge in [0, 0.05) is 39.1 Å². The lowest BCUT2D eigenvalue weighted by Crippen LogP contribution is -2.48. The number of hydrogen-bond donors (Lipinski definition) is 2. The first kappa shape index (κ1) is 15.8. The summed E-state index contributed by atoms with van der Waals surface area (Å²) in [5.74, 6) is 0.199. The minimum absolute atomic E-state index is 0.199. The Kier molecular flexibility index (Phi) is 5.60. The molecule has 19 heavy (non-hydrogen) atoms. The van der Waals surface area contributed by atoms with Crippen LogP contribution in [0.2, 0.25) is 0 Å². The van der Waals surface area contributed by atoms with Gasteiger partial charge in [-0.15, -0.1) is 0 Å². The minimum Gasteiger partial charge on any atom is -0.444 e. The molecule has 6 nitrogen and oxygen atoms in total. The number of carbonyl (C=O) groups is 2. The molecule has 0 bridgehead atoms. The lowest BCUT2D eigenvalue weighted by molar-refractivity contribution is -0.132. The number of carbonyl (C=O) groups excluding carboxylic acids is 2. The van der Waals surface area contributed by atoms with Crippen LogP contribution in [0, 0.1) is 0 Å². The largest absolute Gasteiger partial charge is 0.444 e. The van der Waals surface area contributed by atoms with Crippen molar-refractivity contribution in [3.8, 4) is 0 Å². The second kappa shape index (κ2) is 6.75.